The van der Waals surface area contributed by atoms with Crippen LogP contribution in [0.4, 0.5) is 10.1 Å². The maximum absolute atomic E-state index is 13.8. The summed E-state index contributed by atoms with van der Waals surface area (Å²) < 4.78 is 19.7. The molecule has 1 N–H and O–H groups in total. The van der Waals surface area contributed by atoms with E-state index >= 15 is 0 Å². The predicted molar refractivity (Wildman–Crippen MR) is 147 cm³/mol. The van der Waals surface area contributed by atoms with Gasteiger partial charge >= 0.3 is 0 Å². The molecule has 0 saturated heterocycles. The number of anilines is 1. The molecule has 0 atom stereocenters. The molecule has 0 aliphatic carbocycles. The minimum absolute atomic E-state index is 0.169. The van der Waals surface area contributed by atoms with E-state index in [9.17, 15) is 9.50 Å². The van der Waals surface area contributed by atoms with Gasteiger partial charge in [0.15, 0.2) is 0 Å². The molecule has 186 valence electrons. The molecule has 0 radical (unpaired) electrons. The van der Waals surface area contributed by atoms with E-state index < -0.39 is 0 Å². The molecule has 4 rings (SSSR count). The van der Waals surface area contributed by atoms with Crippen molar-refractivity contribution in [3.05, 3.63) is 90.7 Å². The smallest absolute Gasteiger partial charge is 0.124 e. The Hall–Kier alpha value is -3.83. The van der Waals surface area contributed by atoms with Crippen molar-refractivity contribution in [3.63, 3.8) is 0 Å². The van der Waals surface area contributed by atoms with Crippen molar-refractivity contribution in [2.45, 2.75) is 6.42 Å². The third kappa shape index (κ3) is 5.86. The third-order valence-corrected chi connectivity index (χ3v) is 6.17. The topological polar surface area (TPSA) is 35.9 Å². The van der Waals surface area contributed by atoms with E-state index in [0.717, 1.165) is 52.2 Å². The van der Waals surface area contributed by atoms with Gasteiger partial charge in [-0.3, -0.25) is 0 Å². The lowest BCUT2D eigenvalue weighted by molar-refractivity contribution is 0.281. The first-order valence-electron chi connectivity index (χ1n) is 12.1. The molecule has 0 amide bonds. The Morgan fingerprint density at radius 2 is 1.28 bits per heavy atom. The standard InChI is InChI=1S/C31H33FN2O2/c1-33(2)20-5-21-36-27-16-10-24(11-17-27)31-29(35)19-18-28(22-8-14-26(15-9-22)34(3)4)30(31)23-6-12-25(32)13-7-23/h6-19,35H,5,20-21H2,1-4H3. The number of rotatable bonds is 9. The summed E-state index contributed by atoms with van der Waals surface area (Å²) in [5.74, 6) is 0.659. The van der Waals surface area contributed by atoms with Gasteiger partial charge in [-0.2, -0.15) is 0 Å². The van der Waals surface area contributed by atoms with Crippen molar-refractivity contribution in [1.29, 1.82) is 0 Å². The van der Waals surface area contributed by atoms with E-state index in [2.05, 4.69) is 34.1 Å². The largest absolute Gasteiger partial charge is 0.507 e. The summed E-state index contributed by atoms with van der Waals surface area (Å²) in [7, 11) is 8.11. The lowest BCUT2D eigenvalue weighted by atomic mass is 9.87. The number of hydrogen-bond acceptors (Lipinski definition) is 4. The van der Waals surface area contributed by atoms with E-state index in [1.807, 2.05) is 58.5 Å². The molecular weight excluding hydrogens is 451 g/mol. The van der Waals surface area contributed by atoms with Crippen LogP contribution in [0.5, 0.6) is 11.5 Å². The SMILES string of the molecule is CN(C)CCCOc1ccc(-c2c(O)ccc(-c3ccc(N(C)C)cc3)c2-c2ccc(F)cc2)cc1. The highest BCUT2D eigenvalue weighted by Gasteiger charge is 2.18. The molecule has 0 saturated carbocycles. The van der Waals surface area contributed by atoms with Gasteiger partial charge in [-0.05, 0) is 85.2 Å². The van der Waals surface area contributed by atoms with Crippen molar-refractivity contribution in [3.8, 4) is 44.9 Å². The van der Waals surface area contributed by atoms with Gasteiger partial charge in [0.1, 0.15) is 17.3 Å². The van der Waals surface area contributed by atoms with Gasteiger partial charge in [-0.25, -0.2) is 4.39 Å². The maximum Gasteiger partial charge on any atom is 0.124 e. The van der Waals surface area contributed by atoms with Crippen molar-refractivity contribution in [2.24, 2.45) is 0 Å². The van der Waals surface area contributed by atoms with Crippen molar-refractivity contribution in [1.82, 2.24) is 4.90 Å². The summed E-state index contributed by atoms with van der Waals surface area (Å²) in [6.07, 6.45) is 0.943. The van der Waals surface area contributed by atoms with Crippen LogP contribution in [0.1, 0.15) is 6.42 Å². The zero-order valence-electron chi connectivity index (χ0n) is 21.3. The average Bonchev–Trinajstić information content (AvgIpc) is 2.87. The second-order valence-electron chi connectivity index (χ2n) is 9.36. The molecule has 0 spiro atoms. The minimum atomic E-state index is -0.298. The fraction of sp³-hybridized carbons (Fsp3) is 0.226. The molecule has 0 bridgehead atoms. The molecular formula is C31H33FN2O2. The highest BCUT2D eigenvalue weighted by atomic mass is 19.1. The van der Waals surface area contributed by atoms with Crippen molar-refractivity contribution in [2.75, 3.05) is 46.2 Å². The monoisotopic (exact) mass is 484 g/mol. The van der Waals surface area contributed by atoms with Crippen LogP contribution in [0.15, 0.2) is 84.9 Å². The molecule has 0 unspecified atom stereocenters. The molecule has 36 heavy (non-hydrogen) atoms. The molecule has 4 aromatic rings. The number of halogens is 1. The Balaban J connectivity index is 1.77. The highest BCUT2D eigenvalue weighted by molar-refractivity contribution is 5.97. The molecule has 0 aliphatic heterocycles. The number of benzene rings is 4. The second kappa shape index (κ2) is 11.3. The first-order chi connectivity index (χ1) is 17.3. The summed E-state index contributed by atoms with van der Waals surface area (Å²) >= 11 is 0. The molecule has 5 heteroatoms. The average molecular weight is 485 g/mol. The number of aromatic hydroxyl groups is 1. The zero-order valence-corrected chi connectivity index (χ0v) is 21.3. The first-order valence-corrected chi connectivity index (χ1v) is 12.1. The molecule has 4 aromatic carbocycles. The Morgan fingerprint density at radius 3 is 1.89 bits per heavy atom. The van der Waals surface area contributed by atoms with Gasteiger partial charge in [-0.15, -0.1) is 0 Å². The predicted octanol–water partition coefficient (Wildman–Crippen LogP) is 6.93. The molecule has 0 fully saturated rings. The van der Waals surface area contributed by atoms with E-state index in [1.54, 1.807) is 18.2 Å². The van der Waals surface area contributed by atoms with Crippen LogP contribution in [0.2, 0.25) is 0 Å². The summed E-state index contributed by atoms with van der Waals surface area (Å²) in [5, 5.41) is 11.0. The van der Waals surface area contributed by atoms with Gasteiger partial charge in [-0.1, -0.05) is 42.5 Å². The maximum atomic E-state index is 13.8. The molecule has 0 heterocycles. The zero-order chi connectivity index (χ0) is 25.7. The summed E-state index contributed by atoms with van der Waals surface area (Å²) in [6, 6.07) is 26.1. The van der Waals surface area contributed by atoms with E-state index in [1.165, 1.54) is 12.1 Å². The van der Waals surface area contributed by atoms with Crippen LogP contribution in [0, 0.1) is 5.82 Å². The van der Waals surface area contributed by atoms with Crippen molar-refractivity contribution < 1.29 is 14.2 Å². The van der Waals surface area contributed by atoms with Crippen LogP contribution in [-0.2, 0) is 0 Å². The number of phenolic OH excluding ortho intramolecular Hbond substituents is 1. The van der Waals surface area contributed by atoms with E-state index in [0.29, 0.717) is 12.2 Å². The number of ether oxygens (including phenoxy) is 1. The van der Waals surface area contributed by atoms with Crippen molar-refractivity contribution >= 4 is 5.69 Å². The van der Waals surface area contributed by atoms with Gasteiger partial charge in [0.05, 0.1) is 6.61 Å². The van der Waals surface area contributed by atoms with Gasteiger partial charge in [0, 0.05) is 37.5 Å². The Bertz CT molecular complexity index is 1280. The van der Waals surface area contributed by atoms with E-state index in [-0.39, 0.29) is 11.6 Å². The quantitative estimate of drug-likeness (QED) is 0.261. The second-order valence-corrected chi connectivity index (χ2v) is 9.36. The Kier molecular flexibility index (Phi) is 7.91. The van der Waals surface area contributed by atoms with Gasteiger partial charge < -0.3 is 19.6 Å². The summed E-state index contributed by atoms with van der Waals surface area (Å²) in [4.78, 5) is 4.18. The normalized spacial score (nSPS) is 11.1. The third-order valence-electron chi connectivity index (χ3n) is 6.17. The Morgan fingerprint density at radius 1 is 0.694 bits per heavy atom. The van der Waals surface area contributed by atoms with Crippen LogP contribution >= 0.6 is 0 Å². The number of nitrogens with zero attached hydrogens (tertiary/aromatic N) is 2. The minimum Gasteiger partial charge on any atom is -0.507 e. The molecule has 0 aromatic heterocycles. The first kappa shape index (κ1) is 25.3. The summed E-state index contributed by atoms with van der Waals surface area (Å²) in [5.41, 5.74) is 6.33. The molecule has 4 nitrogen and oxygen atoms in total. The van der Waals surface area contributed by atoms with Crippen LogP contribution in [0.25, 0.3) is 33.4 Å². The fourth-order valence-electron chi connectivity index (χ4n) is 4.27. The fourth-order valence-corrected chi connectivity index (χ4v) is 4.27. The van der Waals surface area contributed by atoms with Gasteiger partial charge in [0.2, 0.25) is 0 Å². The van der Waals surface area contributed by atoms with Gasteiger partial charge in [0.25, 0.3) is 0 Å². The summed E-state index contributed by atoms with van der Waals surface area (Å²) in [6.45, 7) is 1.61. The lowest BCUT2D eigenvalue weighted by Gasteiger charge is -2.19. The lowest BCUT2D eigenvalue weighted by Crippen LogP contribution is -2.15. The van der Waals surface area contributed by atoms with E-state index in [4.69, 9.17) is 4.74 Å². The van der Waals surface area contributed by atoms with Crippen LogP contribution in [0.3, 0.4) is 0 Å². The van der Waals surface area contributed by atoms with Crippen LogP contribution < -0.4 is 9.64 Å². The number of hydrogen-bond donors (Lipinski definition) is 1. The molecule has 0 aliphatic rings. The van der Waals surface area contributed by atoms with Crippen LogP contribution in [-0.4, -0.2) is 51.3 Å². The highest BCUT2D eigenvalue weighted by Crippen LogP contribution is 2.45. The number of phenols is 1. The Labute approximate surface area is 213 Å².